The molecule has 0 spiro atoms. The summed E-state index contributed by atoms with van der Waals surface area (Å²) in [5.41, 5.74) is 0.919. The Morgan fingerprint density at radius 2 is 1.18 bits per heavy atom. The summed E-state index contributed by atoms with van der Waals surface area (Å²) in [6.07, 6.45) is 16.7. The van der Waals surface area contributed by atoms with Crippen LogP contribution < -0.4 is 5.63 Å². The summed E-state index contributed by atoms with van der Waals surface area (Å²) in [6, 6.07) is 6.64. The van der Waals surface area contributed by atoms with Crippen molar-refractivity contribution in [3.63, 3.8) is 0 Å². The van der Waals surface area contributed by atoms with Crippen LogP contribution in [-0.4, -0.2) is 16.8 Å². The highest BCUT2D eigenvalue weighted by molar-refractivity contribution is 5.81. The zero-order valence-electron chi connectivity index (χ0n) is 17.1. The fraction of sp³-hybridized carbons (Fsp3) is 0.625. The number of phenols is 1. The lowest BCUT2D eigenvalue weighted by molar-refractivity contribution is 0.282. The van der Waals surface area contributed by atoms with Crippen LogP contribution >= 0.6 is 0 Å². The van der Waals surface area contributed by atoms with E-state index in [0.29, 0.717) is 12.2 Å². The first kappa shape index (κ1) is 22.5. The molecule has 1 heterocycles. The molecule has 0 bridgehead atoms. The molecule has 2 N–H and O–H groups in total. The van der Waals surface area contributed by atoms with Crippen LogP contribution in [0.1, 0.15) is 89.0 Å². The van der Waals surface area contributed by atoms with Gasteiger partial charge in [0, 0.05) is 23.6 Å². The summed E-state index contributed by atoms with van der Waals surface area (Å²) >= 11 is 0. The minimum absolute atomic E-state index is 0.221. The Labute approximate surface area is 168 Å². The van der Waals surface area contributed by atoms with Gasteiger partial charge in [-0.25, -0.2) is 4.79 Å². The summed E-state index contributed by atoms with van der Waals surface area (Å²) in [5.74, 6) is 0.221. The van der Waals surface area contributed by atoms with Gasteiger partial charge in [0.2, 0.25) is 0 Å². The molecule has 0 saturated heterocycles. The molecule has 0 atom stereocenters. The maximum atomic E-state index is 11.5. The first-order valence-electron chi connectivity index (χ1n) is 11.1. The van der Waals surface area contributed by atoms with Crippen LogP contribution in [0, 0.1) is 0 Å². The molecule has 0 aliphatic heterocycles. The molecule has 0 aliphatic rings. The second-order valence-electron chi connectivity index (χ2n) is 7.81. The SMILES string of the molecule is O=c1ccc2ccc(O)c(CCCCCCCCCCCCCCCO)c2o1. The molecule has 0 aliphatic carbocycles. The first-order chi connectivity index (χ1) is 13.7. The summed E-state index contributed by atoms with van der Waals surface area (Å²) in [4.78, 5) is 11.5. The van der Waals surface area contributed by atoms with E-state index in [2.05, 4.69) is 0 Å². The average Bonchev–Trinajstić information content (AvgIpc) is 2.69. The summed E-state index contributed by atoms with van der Waals surface area (Å²) in [6.45, 7) is 0.333. The van der Waals surface area contributed by atoms with Crippen molar-refractivity contribution in [2.75, 3.05) is 6.61 Å². The average molecular weight is 389 g/mol. The molecule has 2 aromatic rings. The van der Waals surface area contributed by atoms with E-state index in [9.17, 15) is 9.90 Å². The van der Waals surface area contributed by atoms with Crippen molar-refractivity contribution in [3.8, 4) is 5.75 Å². The third-order valence-corrected chi connectivity index (χ3v) is 5.45. The molecule has 28 heavy (non-hydrogen) atoms. The third-order valence-electron chi connectivity index (χ3n) is 5.45. The second-order valence-corrected chi connectivity index (χ2v) is 7.81. The van der Waals surface area contributed by atoms with E-state index in [1.807, 2.05) is 0 Å². The van der Waals surface area contributed by atoms with Gasteiger partial charge in [-0.2, -0.15) is 0 Å². The van der Waals surface area contributed by atoms with Gasteiger partial charge in [-0.15, -0.1) is 0 Å². The molecule has 0 fully saturated rings. The van der Waals surface area contributed by atoms with Crippen molar-refractivity contribution >= 4 is 11.0 Å². The normalized spacial score (nSPS) is 11.3. The van der Waals surface area contributed by atoms with Gasteiger partial charge < -0.3 is 14.6 Å². The lowest BCUT2D eigenvalue weighted by atomic mass is 10.0. The van der Waals surface area contributed by atoms with Crippen molar-refractivity contribution < 1.29 is 14.6 Å². The highest BCUT2D eigenvalue weighted by atomic mass is 16.4. The Kier molecular flexibility index (Phi) is 10.7. The van der Waals surface area contributed by atoms with Crippen molar-refractivity contribution in [2.24, 2.45) is 0 Å². The van der Waals surface area contributed by atoms with Crippen molar-refractivity contribution in [1.82, 2.24) is 0 Å². The number of benzene rings is 1. The molecule has 0 amide bonds. The Balaban J connectivity index is 1.53. The minimum Gasteiger partial charge on any atom is -0.508 e. The van der Waals surface area contributed by atoms with E-state index in [4.69, 9.17) is 9.52 Å². The summed E-state index contributed by atoms with van der Waals surface area (Å²) in [5, 5.41) is 19.7. The van der Waals surface area contributed by atoms with E-state index in [1.54, 1.807) is 18.2 Å². The highest BCUT2D eigenvalue weighted by Crippen LogP contribution is 2.28. The van der Waals surface area contributed by atoms with Gasteiger partial charge >= 0.3 is 5.63 Å². The summed E-state index contributed by atoms with van der Waals surface area (Å²) < 4.78 is 5.32. The third kappa shape index (κ3) is 8.05. The Bertz CT molecular complexity index is 735. The molecular weight excluding hydrogens is 352 g/mol. The van der Waals surface area contributed by atoms with Crippen molar-refractivity contribution in [1.29, 1.82) is 0 Å². The maximum Gasteiger partial charge on any atom is 0.336 e. The van der Waals surface area contributed by atoms with E-state index < -0.39 is 0 Å². The Morgan fingerprint density at radius 3 is 1.75 bits per heavy atom. The van der Waals surface area contributed by atoms with Crippen LogP contribution in [0.5, 0.6) is 5.75 Å². The second kappa shape index (κ2) is 13.4. The first-order valence-corrected chi connectivity index (χ1v) is 11.1. The van der Waals surface area contributed by atoms with Crippen LogP contribution in [0.4, 0.5) is 0 Å². The van der Waals surface area contributed by atoms with Gasteiger partial charge in [0.15, 0.2) is 0 Å². The molecule has 1 aromatic heterocycles. The molecule has 4 nitrogen and oxygen atoms in total. The van der Waals surface area contributed by atoms with E-state index in [1.165, 1.54) is 70.3 Å². The number of unbranched alkanes of at least 4 members (excludes halogenated alkanes) is 12. The number of fused-ring (bicyclic) bond motifs is 1. The lowest BCUT2D eigenvalue weighted by Gasteiger charge is -2.08. The number of aromatic hydroxyl groups is 1. The molecule has 0 radical (unpaired) electrons. The number of hydrogen-bond donors (Lipinski definition) is 2. The van der Waals surface area contributed by atoms with E-state index in [0.717, 1.165) is 36.6 Å². The fourth-order valence-corrected chi connectivity index (χ4v) is 3.78. The smallest absolute Gasteiger partial charge is 0.336 e. The summed E-state index contributed by atoms with van der Waals surface area (Å²) in [7, 11) is 0. The van der Waals surface area contributed by atoms with Gasteiger partial charge in [-0.1, -0.05) is 70.6 Å². The van der Waals surface area contributed by atoms with Gasteiger partial charge in [0.25, 0.3) is 0 Å². The molecule has 156 valence electrons. The van der Waals surface area contributed by atoms with E-state index in [-0.39, 0.29) is 11.4 Å². The van der Waals surface area contributed by atoms with Crippen LogP contribution in [0.15, 0.2) is 33.5 Å². The predicted octanol–water partition coefficient (Wildman–Crippen LogP) is 6.10. The monoisotopic (exact) mass is 388 g/mol. The van der Waals surface area contributed by atoms with Crippen molar-refractivity contribution in [2.45, 2.75) is 89.9 Å². The van der Waals surface area contributed by atoms with Gasteiger partial charge in [-0.3, -0.25) is 0 Å². The molecule has 0 saturated carbocycles. The van der Waals surface area contributed by atoms with Gasteiger partial charge in [0.05, 0.1) is 0 Å². The minimum atomic E-state index is -0.371. The molecule has 2 rings (SSSR count). The van der Waals surface area contributed by atoms with Crippen molar-refractivity contribution in [3.05, 3.63) is 40.2 Å². The number of aliphatic hydroxyl groups is 1. The zero-order valence-corrected chi connectivity index (χ0v) is 17.1. The number of phenolic OH excluding ortho intramolecular Hbond substituents is 1. The van der Waals surface area contributed by atoms with Crippen LogP contribution in [-0.2, 0) is 6.42 Å². The highest BCUT2D eigenvalue weighted by Gasteiger charge is 2.09. The topological polar surface area (TPSA) is 70.7 Å². The van der Waals surface area contributed by atoms with E-state index >= 15 is 0 Å². The fourth-order valence-electron chi connectivity index (χ4n) is 3.78. The quantitative estimate of drug-likeness (QED) is 0.285. The molecule has 4 heteroatoms. The largest absolute Gasteiger partial charge is 0.508 e. The van der Waals surface area contributed by atoms with Gasteiger partial charge in [0.1, 0.15) is 11.3 Å². The van der Waals surface area contributed by atoms with Crippen LogP contribution in [0.3, 0.4) is 0 Å². The standard InChI is InChI=1S/C24H36O4/c25-19-13-11-9-7-5-3-1-2-4-6-8-10-12-14-21-22(26)17-15-20-16-18-23(27)28-24(20)21/h15-18,25-26H,1-14,19H2. The van der Waals surface area contributed by atoms with Crippen LogP contribution in [0.25, 0.3) is 11.0 Å². The lowest BCUT2D eigenvalue weighted by Crippen LogP contribution is -1.97. The maximum absolute atomic E-state index is 11.5. The number of aliphatic hydroxyl groups excluding tert-OH is 1. The van der Waals surface area contributed by atoms with Crippen LogP contribution in [0.2, 0.25) is 0 Å². The molecular formula is C24H36O4. The predicted molar refractivity (Wildman–Crippen MR) is 115 cm³/mol. The molecule has 1 aromatic carbocycles. The number of aryl methyl sites for hydroxylation is 1. The number of rotatable bonds is 15. The Hall–Kier alpha value is -1.81. The van der Waals surface area contributed by atoms with Gasteiger partial charge in [-0.05, 0) is 37.5 Å². The Morgan fingerprint density at radius 1 is 0.679 bits per heavy atom. The molecule has 0 unspecified atom stereocenters. The number of hydrogen-bond acceptors (Lipinski definition) is 4. The zero-order chi connectivity index (χ0) is 20.0.